The molecule has 2 atom stereocenters. The first-order valence-electron chi connectivity index (χ1n) is 5.28. The minimum absolute atomic E-state index is 0. The van der Waals surface area contributed by atoms with E-state index in [2.05, 4.69) is 5.32 Å². The van der Waals surface area contributed by atoms with Gasteiger partial charge in [-0.1, -0.05) is 19.3 Å². The van der Waals surface area contributed by atoms with Gasteiger partial charge in [0.15, 0.2) is 0 Å². The first kappa shape index (κ1) is 15.1. The molecule has 1 saturated carbocycles. The van der Waals surface area contributed by atoms with E-state index in [0.717, 1.165) is 12.8 Å². The molecule has 1 amide bonds. The highest BCUT2D eigenvalue weighted by Crippen LogP contribution is 2.16. The summed E-state index contributed by atoms with van der Waals surface area (Å²) in [5.74, 6) is 0.670. The van der Waals surface area contributed by atoms with Crippen LogP contribution < -0.4 is 11.1 Å². The van der Waals surface area contributed by atoms with E-state index in [-0.39, 0.29) is 30.4 Å². The van der Waals surface area contributed by atoms with Gasteiger partial charge in [-0.3, -0.25) is 4.79 Å². The molecule has 0 radical (unpaired) electrons. The van der Waals surface area contributed by atoms with Gasteiger partial charge in [0.2, 0.25) is 5.91 Å². The molecule has 5 heteroatoms. The van der Waals surface area contributed by atoms with Crippen molar-refractivity contribution in [2.45, 2.75) is 44.2 Å². The number of nitrogens with two attached hydrogens (primary N) is 1. The first-order valence-corrected chi connectivity index (χ1v) is 6.67. The van der Waals surface area contributed by atoms with Crippen LogP contribution in [0.2, 0.25) is 0 Å². The summed E-state index contributed by atoms with van der Waals surface area (Å²) in [7, 11) is 0. The summed E-state index contributed by atoms with van der Waals surface area (Å²) >= 11 is 1.55. The van der Waals surface area contributed by atoms with Gasteiger partial charge < -0.3 is 11.1 Å². The van der Waals surface area contributed by atoms with Crippen LogP contribution in [0.4, 0.5) is 0 Å². The molecule has 1 fully saturated rings. The number of nitrogens with one attached hydrogen (secondary N) is 1. The van der Waals surface area contributed by atoms with E-state index in [4.69, 9.17) is 5.73 Å². The van der Waals surface area contributed by atoms with Gasteiger partial charge in [0.05, 0.1) is 5.75 Å². The normalized spacial score (nSPS) is 26.3. The molecule has 3 N–H and O–H groups in total. The van der Waals surface area contributed by atoms with Crippen LogP contribution in [0.15, 0.2) is 0 Å². The fourth-order valence-corrected chi connectivity index (χ4v) is 2.24. The highest BCUT2D eigenvalue weighted by atomic mass is 35.5. The summed E-state index contributed by atoms with van der Waals surface area (Å²) < 4.78 is 0. The predicted molar refractivity (Wildman–Crippen MR) is 68.6 cm³/mol. The Hall–Kier alpha value is 0.0700. The largest absolute Gasteiger partial charge is 0.351 e. The molecular weight excluding hydrogens is 232 g/mol. The molecule has 15 heavy (non-hydrogen) atoms. The third-order valence-corrected chi connectivity index (χ3v) is 3.24. The molecule has 3 nitrogen and oxygen atoms in total. The van der Waals surface area contributed by atoms with Gasteiger partial charge in [0, 0.05) is 12.1 Å². The van der Waals surface area contributed by atoms with Gasteiger partial charge >= 0.3 is 0 Å². The summed E-state index contributed by atoms with van der Waals surface area (Å²) in [6.07, 6.45) is 7.68. The van der Waals surface area contributed by atoms with Crippen molar-refractivity contribution in [3.05, 3.63) is 0 Å². The maximum Gasteiger partial charge on any atom is 0.230 e. The van der Waals surface area contributed by atoms with Crippen molar-refractivity contribution in [2.75, 3.05) is 12.0 Å². The number of carbonyl (C=O) groups is 1. The molecular formula is C10H21ClN2OS. The second-order valence-electron chi connectivity index (χ2n) is 3.91. The molecule has 1 aliphatic carbocycles. The molecule has 1 aliphatic rings. The Labute approximate surface area is 102 Å². The Bertz CT molecular complexity index is 192. The van der Waals surface area contributed by atoms with Gasteiger partial charge in [-0.15, -0.1) is 12.4 Å². The number of carbonyl (C=O) groups excluding carboxylic acids is 1. The third kappa shape index (κ3) is 5.64. The first-order chi connectivity index (χ1) is 6.74. The van der Waals surface area contributed by atoms with Gasteiger partial charge in [0.25, 0.3) is 0 Å². The van der Waals surface area contributed by atoms with Crippen LogP contribution in [-0.4, -0.2) is 30.0 Å². The Morgan fingerprint density at radius 1 is 1.40 bits per heavy atom. The van der Waals surface area contributed by atoms with Crippen molar-refractivity contribution in [3.8, 4) is 0 Å². The lowest BCUT2D eigenvalue weighted by Crippen LogP contribution is -2.47. The lowest BCUT2D eigenvalue weighted by molar-refractivity contribution is -0.119. The van der Waals surface area contributed by atoms with Crippen molar-refractivity contribution in [3.63, 3.8) is 0 Å². The standard InChI is InChI=1S/C10H20N2OS.ClH/c1-14-7-10(13)12-9-6-4-2-3-5-8(9)11;/h8-9H,2-7,11H2,1H3,(H,12,13);1H/t8-,9-;/m1./s1. The summed E-state index contributed by atoms with van der Waals surface area (Å²) in [6.45, 7) is 0. The van der Waals surface area contributed by atoms with E-state index in [0.29, 0.717) is 5.75 Å². The lowest BCUT2D eigenvalue weighted by atomic mass is 10.0. The Kier molecular flexibility index (Phi) is 8.29. The molecule has 0 bridgehead atoms. The fourth-order valence-electron chi connectivity index (χ4n) is 1.90. The molecule has 0 aromatic heterocycles. The van der Waals surface area contributed by atoms with Gasteiger partial charge in [-0.25, -0.2) is 0 Å². The maximum atomic E-state index is 11.4. The maximum absolute atomic E-state index is 11.4. The zero-order valence-corrected chi connectivity index (χ0v) is 10.8. The van der Waals surface area contributed by atoms with Crippen LogP contribution >= 0.6 is 24.2 Å². The van der Waals surface area contributed by atoms with E-state index < -0.39 is 0 Å². The molecule has 0 unspecified atom stereocenters. The average molecular weight is 253 g/mol. The van der Waals surface area contributed by atoms with Crippen LogP contribution in [0.1, 0.15) is 32.1 Å². The summed E-state index contributed by atoms with van der Waals surface area (Å²) in [5.41, 5.74) is 6.00. The minimum Gasteiger partial charge on any atom is -0.351 e. The van der Waals surface area contributed by atoms with Crippen molar-refractivity contribution < 1.29 is 4.79 Å². The predicted octanol–water partition coefficient (Wildman–Crippen LogP) is 1.55. The van der Waals surface area contributed by atoms with Crippen LogP contribution in [0.5, 0.6) is 0 Å². The smallest absolute Gasteiger partial charge is 0.230 e. The average Bonchev–Trinajstić information content (AvgIpc) is 2.33. The Balaban J connectivity index is 0.00000196. The number of halogens is 1. The monoisotopic (exact) mass is 252 g/mol. The molecule has 0 heterocycles. The van der Waals surface area contributed by atoms with Crippen LogP contribution in [-0.2, 0) is 4.79 Å². The van der Waals surface area contributed by atoms with E-state index in [9.17, 15) is 4.79 Å². The Morgan fingerprint density at radius 2 is 2.07 bits per heavy atom. The van der Waals surface area contributed by atoms with Crippen molar-refractivity contribution in [1.82, 2.24) is 5.32 Å². The van der Waals surface area contributed by atoms with Gasteiger partial charge in [0.1, 0.15) is 0 Å². The van der Waals surface area contributed by atoms with E-state index >= 15 is 0 Å². The summed E-state index contributed by atoms with van der Waals surface area (Å²) in [4.78, 5) is 11.4. The van der Waals surface area contributed by atoms with Crippen LogP contribution in [0.3, 0.4) is 0 Å². The zero-order valence-electron chi connectivity index (χ0n) is 9.20. The lowest BCUT2D eigenvalue weighted by Gasteiger charge is -2.22. The topological polar surface area (TPSA) is 55.1 Å². The quantitative estimate of drug-likeness (QED) is 0.750. The molecule has 90 valence electrons. The second-order valence-corrected chi connectivity index (χ2v) is 4.77. The number of amides is 1. The highest BCUT2D eigenvalue weighted by Gasteiger charge is 2.21. The highest BCUT2D eigenvalue weighted by molar-refractivity contribution is 7.99. The van der Waals surface area contributed by atoms with Crippen molar-refractivity contribution in [2.24, 2.45) is 5.73 Å². The number of hydrogen-bond acceptors (Lipinski definition) is 3. The molecule has 0 spiro atoms. The van der Waals surface area contributed by atoms with E-state index in [1.54, 1.807) is 11.8 Å². The Morgan fingerprint density at radius 3 is 2.73 bits per heavy atom. The fraction of sp³-hybridized carbons (Fsp3) is 0.900. The molecule has 0 aromatic rings. The van der Waals surface area contributed by atoms with Gasteiger partial charge in [-0.2, -0.15) is 11.8 Å². The SMILES string of the molecule is CSCC(=O)N[C@@H]1CCCCC[C@H]1N.Cl. The van der Waals surface area contributed by atoms with Crippen LogP contribution in [0.25, 0.3) is 0 Å². The second kappa shape index (κ2) is 8.25. The molecule has 0 aromatic carbocycles. The molecule has 1 rings (SSSR count). The zero-order chi connectivity index (χ0) is 10.4. The summed E-state index contributed by atoms with van der Waals surface area (Å²) in [5, 5.41) is 3.02. The van der Waals surface area contributed by atoms with Crippen LogP contribution in [0, 0.1) is 0 Å². The molecule has 0 aliphatic heterocycles. The minimum atomic E-state index is 0. The van der Waals surface area contributed by atoms with E-state index in [1.807, 2.05) is 6.26 Å². The number of thioether (sulfide) groups is 1. The summed E-state index contributed by atoms with van der Waals surface area (Å²) in [6, 6.07) is 0.362. The third-order valence-electron chi connectivity index (χ3n) is 2.69. The van der Waals surface area contributed by atoms with Crippen molar-refractivity contribution in [1.29, 1.82) is 0 Å². The van der Waals surface area contributed by atoms with E-state index in [1.165, 1.54) is 19.3 Å². The van der Waals surface area contributed by atoms with Crippen molar-refractivity contribution >= 4 is 30.1 Å². The van der Waals surface area contributed by atoms with Gasteiger partial charge in [-0.05, 0) is 19.1 Å². The number of hydrogen-bond donors (Lipinski definition) is 2. The molecule has 0 saturated heterocycles. The number of rotatable bonds is 3.